The molecule has 0 saturated carbocycles. The Morgan fingerprint density at radius 2 is 2.26 bits per heavy atom. The number of amides is 2. The van der Waals surface area contributed by atoms with Gasteiger partial charge in [-0.05, 0) is 12.8 Å². The van der Waals surface area contributed by atoms with Gasteiger partial charge in [0, 0.05) is 17.4 Å². The van der Waals surface area contributed by atoms with Crippen molar-refractivity contribution in [2.75, 3.05) is 19.0 Å². The smallest absolute Gasteiger partial charge is 0.315 e. The van der Waals surface area contributed by atoms with Crippen LogP contribution < -0.4 is 10.6 Å². The summed E-state index contributed by atoms with van der Waals surface area (Å²) >= 11 is 1.88. The lowest BCUT2D eigenvalue weighted by Gasteiger charge is -2.16. The third-order valence-corrected chi connectivity index (χ3v) is 4.92. The van der Waals surface area contributed by atoms with Gasteiger partial charge in [-0.2, -0.15) is 11.8 Å². The van der Waals surface area contributed by atoms with Crippen LogP contribution in [0.4, 0.5) is 4.79 Å². The molecular formula is C12H20N2O4S. The van der Waals surface area contributed by atoms with Gasteiger partial charge in [-0.3, -0.25) is 4.79 Å². The molecule has 0 aromatic heterocycles. The summed E-state index contributed by atoms with van der Waals surface area (Å²) in [6.45, 7) is -0.0427. The van der Waals surface area contributed by atoms with Crippen molar-refractivity contribution in [1.29, 1.82) is 0 Å². The van der Waals surface area contributed by atoms with E-state index in [0.717, 1.165) is 25.0 Å². The number of hydrogen-bond acceptors (Lipinski definition) is 5. The van der Waals surface area contributed by atoms with Gasteiger partial charge in [0.25, 0.3) is 0 Å². The molecule has 2 aliphatic rings. The lowest BCUT2D eigenvalue weighted by molar-refractivity contribution is -0.144. The fourth-order valence-corrected chi connectivity index (χ4v) is 4.03. The minimum atomic E-state index is -0.248. The highest BCUT2D eigenvalue weighted by Gasteiger charge is 2.42. The molecule has 2 rings (SSSR count). The summed E-state index contributed by atoms with van der Waals surface area (Å²) in [7, 11) is 0. The van der Waals surface area contributed by atoms with Crippen LogP contribution in [-0.2, 0) is 9.53 Å². The molecule has 6 nitrogen and oxygen atoms in total. The zero-order chi connectivity index (χ0) is 13.7. The Labute approximate surface area is 116 Å². The zero-order valence-corrected chi connectivity index (χ0v) is 11.6. The van der Waals surface area contributed by atoms with Crippen molar-refractivity contribution < 1.29 is 19.4 Å². The second-order valence-corrected chi connectivity index (χ2v) is 6.08. The summed E-state index contributed by atoms with van der Waals surface area (Å²) in [6, 6.07) is 0.434. The van der Waals surface area contributed by atoms with Gasteiger partial charge in [0.2, 0.25) is 0 Å². The fourth-order valence-electron chi connectivity index (χ4n) is 2.49. The number of aliphatic hydroxyl groups excluding tert-OH is 1. The lowest BCUT2D eigenvalue weighted by atomic mass is 10.0. The minimum Gasteiger partial charge on any atom is -0.463 e. The highest BCUT2D eigenvalue weighted by atomic mass is 32.2. The number of ether oxygens (including phenoxy) is 1. The summed E-state index contributed by atoms with van der Waals surface area (Å²) in [5, 5.41) is 14.8. The first-order valence-corrected chi connectivity index (χ1v) is 7.70. The molecule has 0 aromatic carbocycles. The molecule has 0 bridgehead atoms. The van der Waals surface area contributed by atoms with E-state index >= 15 is 0 Å². The van der Waals surface area contributed by atoms with Crippen LogP contribution in [0.25, 0.3) is 0 Å². The van der Waals surface area contributed by atoms with Crippen LogP contribution in [0.1, 0.15) is 25.7 Å². The van der Waals surface area contributed by atoms with Gasteiger partial charge >= 0.3 is 12.0 Å². The number of carbonyl (C=O) groups excluding carboxylic acids is 2. The molecule has 0 unspecified atom stereocenters. The number of fused-ring (bicyclic) bond motifs is 1. The third kappa shape index (κ3) is 4.01. The van der Waals surface area contributed by atoms with E-state index in [1.807, 2.05) is 11.8 Å². The van der Waals surface area contributed by atoms with E-state index in [4.69, 9.17) is 9.84 Å². The van der Waals surface area contributed by atoms with E-state index < -0.39 is 0 Å². The number of esters is 1. The Morgan fingerprint density at radius 1 is 1.42 bits per heavy atom. The Kier molecular flexibility index (Phi) is 5.33. The monoisotopic (exact) mass is 288 g/mol. The molecule has 19 heavy (non-hydrogen) atoms. The number of urea groups is 1. The highest BCUT2D eigenvalue weighted by molar-refractivity contribution is 8.00. The molecule has 2 fully saturated rings. The number of unbranched alkanes of at least 4 members (excludes halogenated alkanes) is 1. The van der Waals surface area contributed by atoms with Gasteiger partial charge in [0.1, 0.15) is 6.61 Å². The van der Waals surface area contributed by atoms with Crippen LogP contribution in [-0.4, -0.2) is 53.4 Å². The second kappa shape index (κ2) is 7.00. The first-order chi connectivity index (χ1) is 9.20. The predicted molar refractivity (Wildman–Crippen MR) is 72.0 cm³/mol. The summed E-state index contributed by atoms with van der Waals surface area (Å²) in [4.78, 5) is 22.4. The molecule has 3 atom stereocenters. The molecule has 2 heterocycles. The largest absolute Gasteiger partial charge is 0.463 e. The van der Waals surface area contributed by atoms with Crippen LogP contribution in [0.5, 0.6) is 0 Å². The Bertz CT molecular complexity index is 340. The van der Waals surface area contributed by atoms with Gasteiger partial charge in [-0.15, -0.1) is 0 Å². The van der Waals surface area contributed by atoms with E-state index in [9.17, 15) is 9.59 Å². The number of hydrogen-bond donors (Lipinski definition) is 3. The summed E-state index contributed by atoms with van der Waals surface area (Å²) in [5.74, 6) is 0.717. The normalized spacial score (nSPS) is 28.7. The Balaban J connectivity index is 1.59. The Morgan fingerprint density at radius 3 is 3.05 bits per heavy atom. The summed E-state index contributed by atoms with van der Waals surface area (Å²) < 4.78 is 4.79. The SMILES string of the molecule is O=C1N[C@H]2[C@H](CS[C@H]2CCCCC(=O)OCCO)N1. The van der Waals surface area contributed by atoms with Gasteiger partial charge in [0.05, 0.1) is 18.7 Å². The molecule has 3 N–H and O–H groups in total. The third-order valence-electron chi connectivity index (χ3n) is 3.41. The maximum atomic E-state index is 11.2. The van der Waals surface area contributed by atoms with Gasteiger partial charge in [0.15, 0.2) is 0 Å². The maximum absolute atomic E-state index is 11.2. The maximum Gasteiger partial charge on any atom is 0.315 e. The molecule has 2 aliphatic heterocycles. The van der Waals surface area contributed by atoms with Gasteiger partial charge < -0.3 is 20.5 Å². The molecular weight excluding hydrogens is 268 g/mol. The molecule has 108 valence electrons. The summed E-state index contributed by atoms with van der Waals surface area (Å²) in [6.07, 6.45) is 3.14. The van der Waals surface area contributed by atoms with Crippen LogP contribution in [0.2, 0.25) is 0 Å². The van der Waals surface area contributed by atoms with Crippen LogP contribution in [0.3, 0.4) is 0 Å². The van der Waals surface area contributed by atoms with Gasteiger partial charge in [-0.25, -0.2) is 4.79 Å². The molecule has 0 aromatic rings. The van der Waals surface area contributed by atoms with Crippen molar-refractivity contribution in [3.8, 4) is 0 Å². The predicted octanol–water partition coefficient (Wildman–Crippen LogP) is 0.248. The first-order valence-electron chi connectivity index (χ1n) is 6.66. The molecule has 7 heteroatoms. The molecule has 2 saturated heterocycles. The number of carbonyl (C=O) groups is 2. The average Bonchev–Trinajstić information content (AvgIpc) is 2.92. The van der Waals surface area contributed by atoms with E-state index in [1.54, 1.807) is 0 Å². The van der Waals surface area contributed by atoms with E-state index in [0.29, 0.717) is 11.7 Å². The number of nitrogens with one attached hydrogen (secondary N) is 2. The first kappa shape index (κ1) is 14.5. The molecule has 0 aliphatic carbocycles. The minimum absolute atomic E-state index is 0.0621. The highest BCUT2D eigenvalue weighted by Crippen LogP contribution is 2.33. The quantitative estimate of drug-likeness (QED) is 0.355. The fraction of sp³-hybridized carbons (Fsp3) is 0.833. The standard InChI is InChI=1S/C12H20N2O4S/c15-5-6-18-10(16)4-2-1-3-9-11-8(7-19-9)13-12(17)14-11/h8-9,11,15H,1-7H2,(H2,13,14,17)/t8-,9-,11-/m0/s1. The average molecular weight is 288 g/mol. The van der Waals surface area contributed by atoms with Crippen molar-refractivity contribution in [3.05, 3.63) is 0 Å². The topological polar surface area (TPSA) is 87.7 Å². The Hall–Kier alpha value is -0.950. The zero-order valence-electron chi connectivity index (χ0n) is 10.8. The van der Waals surface area contributed by atoms with Crippen molar-refractivity contribution >= 4 is 23.8 Å². The van der Waals surface area contributed by atoms with Crippen LogP contribution in [0.15, 0.2) is 0 Å². The van der Waals surface area contributed by atoms with Crippen molar-refractivity contribution in [2.45, 2.75) is 43.0 Å². The lowest BCUT2D eigenvalue weighted by Crippen LogP contribution is -2.36. The molecule has 2 amide bonds. The van der Waals surface area contributed by atoms with E-state index in [1.165, 1.54) is 0 Å². The molecule has 0 spiro atoms. The second-order valence-electron chi connectivity index (χ2n) is 4.81. The van der Waals surface area contributed by atoms with Crippen molar-refractivity contribution in [3.63, 3.8) is 0 Å². The van der Waals surface area contributed by atoms with Gasteiger partial charge in [-0.1, -0.05) is 6.42 Å². The van der Waals surface area contributed by atoms with Crippen LogP contribution in [0, 0.1) is 0 Å². The van der Waals surface area contributed by atoms with E-state index in [2.05, 4.69) is 10.6 Å². The molecule has 0 radical (unpaired) electrons. The summed E-state index contributed by atoms with van der Waals surface area (Å²) in [5.41, 5.74) is 0. The van der Waals surface area contributed by atoms with Crippen molar-refractivity contribution in [2.24, 2.45) is 0 Å². The number of thioether (sulfide) groups is 1. The number of aliphatic hydroxyl groups is 1. The van der Waals surface area contributed by atoms with Crippen LogP contribution >= 0.6 is 11.8 Å². The van der Waals surface area contributed by atoms with E-state index in [-0.39, 0.29) is 37.3 Å². The number of rotatable bonds is 7. The van der Waals surface area contributed by atoms with Crippen molar-refractivity contribution in [1.82, 2.24) is 10.6 Å².